The standard InChI is InChI=1S/C67H51N/c1-65(2)56-32-16-11-27-49(56)54-42-44(38-40-58(54)65)48-26-14-19-36-62(48)68(63-37-20-15-29-51(63)52-31-21-35-61-64(52)53-30-13-17-33-57(53)66(61,3)4)47-39-41-60-55(43-47)50-28-12-18-34-59(50)67(60,45-22-7-5-8-23-45)46-24-9-6-10-25-46/h5-43H,1-4H3. The van der Waals surface area contributed by atoms with Crippen molar-refractivity contribution < 1.29 is 0 Å². The lowest BCUT2D eigenvalue weighted by Gasteiger charge is -2.34. The zero-order chi connectivity index (χ0) is 45.8. The Morgan fingerprint density at radius 2 is 0.706 bits per heavy atom. The molecular weight excluding hydrogens is 819 g/mol. The van der Waals surface area contributed by atoms with Crippen molar-refractivity contribution in [1.82, 2.24) is 0 Å². The van der Waals surface area contributed by atoms with E-state index in [9.17, 15) is 0 Å². The van der Waals surface area contributed by atoms with Gasteiger partial charge in [-0.25, -0.2) is 0 Å². The predicted molar refractivity (Wildman–Crippen MR) is 284 cm³/mol. The highest BCUT2D eigenvalue weighted by Gasteiger charge is 2.46. The van der Waals surface area contributed by atoms with Crippen LogP contribution in [-0.2, 0) is 16.2 Å². The van der Waals surface area contributed by atoms with Crippen LogP contribution in [0.2, 0.25) is 0 Å². The highest BCUT2D eigenvalue weighted by molar-refractivity contribution is 6.01. The van der Waals surface area contributed by atoms with Crippen molar-refractivity contribution >= 4 is 17.1 Å². The molecule has 0 fully saturated rings. The SMILES string of the molecule is CC1(C)c2ccccc2-c2cc(-c3ccccc3N(c3ccc4c(c3)-c3ccccc3C4(c3ccccc3)c3ccccc3)c3ccccc3-c3cccc4c3-c3ccccc3C4(C)C)ccc21. The first kappa shape index (κ1) is 40.3. The zero-order valence-corrected chi connectivity index (χ0v) is 39.0. The minimum Gasteiger partial charge on any atom is -0.309 e. The van der Waals surface area contributed by atoms with Gasteiger partial charge in [0.1, 0.15) is 0 Å². The molecule has 0 heterocycles. The van der Waals surface area contributed by atoms with E-state index >= 15 is 0 Å². The first-order valence-electron chi connectivity index (χ1n) is 24.1. The number of para-hydroxylation sites is 2. The monoisotopic (exact) mass is 869 g/mol. The molecule has 0 bridgehead atoms. The molecule has 0 radical (unpaired) electrons. The molecule has 0 saturated heterocycles. The van der Waals surface area contributed by atoms with Crippen LogP contribution in [0.1, 0.15) is 72.2 Å². The summed E-state index contributed by atoms with van der Waals surface area (Å²) in [6, 6.07) is 88.8. The number of anilines is 3. The molecule has 0 aromatic heterocycles. The lowest BCUT2D eigenvalue weighted by atomic mass is 9.68. The van der Waals surface area contributed by atoms with Crippen LogP contribution < -0.4 is 4.90 Å². The lowest BCUT2D eigenvalue weighted by Crippen LogP contribution is -2.28. The van der Waals surface area contributed by atoms with Crippen LogP contribution in [0.3, 0.4) is 0 Å². The van der Waals surface area contributed by atoms with Crippen molar-refractivity contribution in [2.45, 2.75) is 43.9 Å². The lowest BCUT2D eigenvalue weighted by molar-refractivity contribution is 0.660. The van der Waals surface area contributed by atoms with Crippen LogP contribution in [0.5, 0.6) is 0 Å². The van der Waals surface area contributed by atoms with Gasteiger partial charge in [0.2, 0.25) is 0 Å². The Morgan fingerprint density at radius 1 is 0.279 bits per heavy atom. The van der Waals surface area contributed by atoms with Gasteiger partial charge >= 0.3 is 0 Å². The molecule has 1 heteroatoms. The molecule has 1 nitrogen and oxygen atoms in total. The van der Waals surface area contributed by atoms with Crippen molar-refractivity contribution in [2.75, 3.05) is 4.90 Å². The van der Waals surface area contributed by atoms with Gasteiger partial charge in [-0.1, -0.05) is 234 Å². The maximum atomic E-state index is 2.55. The van der Waals surface area contributed by atoms with E-state index < -0.39 is 5.41 Å². The second-order valence-electron chi connectivity index (χ2n) is 20.0. The minimum absolute atomic E-state index is 0.0759. The van der Waals surface area contributed by atoms with Crippen LogP contribution in [0.25, 0.3) is 55.6 Å². The van der Waals surface area contributed by atoms with E-state index in [1.807, 2.05) is 0 Å². The maximum Gasteiger partial charge on any atom is 0.0713 e. The average Bonchev–Trinajstić information content (AvgIpc) is 3.92. The van der Waals surface area contributed by atoms with Crippen LogP contribution in [0.4, 0.5) is 17.1 Å². The van der Waals surface area contributed by atoms with Crippen molar-refractivity contribution in [3.8, 4) is 55.6 Å². The minimum atomic E-state index is -0.493. The predicted octanol–water partition coefficient (Wildman–Crippen LogP) is 17.5. The molecule has 0 atom stereocenters. The molecule has 0 N–H and O–H groups in total. The summed E-state index contributed by atoms with van der Waals surface area (Å²) in [5.74, 6) is 0. The summed E-state index contributed by atoms with van der Waals surface area (Å²) in [6.45, 7) is 9.47. The molecule has 10 aromatic carbocycles. The molecule has 0 aliphatic heterocycles. The van der Waals surface area contributed by atoms with Gasteiger partial charge in [0, 0.05) is 27.6 Å². The van der Waals surface area contributed by atoms with E-state index in [0.717, 1.165) is 17.1 Å². The van der Waals surface area contributed by atoms with Gasteiger partial charge in [-0.15, -0.1) is 0 Å². The van der Waals surface area contributed by atoms with Gasteiger partial charge in [0.15, 0.2) is 0 Å². The van der Waals surface area contributed by atoms with Gasteiger partial charge in [0.05, 0.1) is 16.8 Å². The number of hydrogen-bond acceptors (Lipinski definition) is 1. The first-order chi connectivity index (χ1) is 33.3. The molecule has 324 valence electrons. The Morgan fingerprint density at radius 3 is 1.38 bits per heavy atom. The number of rotatable bonds is 7. The molecule has 0 spiro atoms. The summed E-state index contributed by atoms with van der Waals surface area (Å²) in [7, 11) is 0. The molecule has 13 rings (SSSR count). The Kier molecular flexibility index (Phi) is 8.89. The zero-order valence-electron chi connectivity index (χ0n) is 39.0. The number of benzene rings is 10. The normalized spacial score (nSPS) is 14.8. The number of fused-ring (bicyclic) bond motifs is 9. The van der Waals surface area contributed by atoms with Crippen LogP contribution in [0, 0.1) is 0 Å². The molecule has 0 amide bonds. The fourth-order valence-electron chi connectivity index (χ4n) is 12.7. The van der Waals surface area contributed by atoms with E-state index in [4.69, 9.17) is 0 Å². The molecule has 3 aliphatic carbocycles. The largest absolute Gasteiger partial charge is 0.309 e. The van der Waals surface area contributed by atoms with Crippen molar-refractivity contribution in [3.63, 3.8) is 0 Å². The second-order valence-corrected chi connectivity index (χ2v) is 20.0. The smallest absolute Gasteiger partial charge is 0.0713 e. The summed E-state index contributed by atoms with van der Waals surface area (Å²) in [5, 5.41) is 0. The van der Waals surface area contributed by atoms with Gasteiger partial charge < -0.3 is 4.90 Å². The third-order valence-electron chi connectivity index (χ3n) is 15.8. The van der Waals surface area contributed by atoms with Gasteiger partial charge in [0.25, 0.3) is 0 Å². The Balaban J connectivity index is 1.08. The molecule has 0 saturated carbocycles. The highest BCUT2D eigenvalue weighted by Crippen LogP contribution is 2.59. The molecule has 68 heavy (non-hydrogen) atoms. The maximum absolute atomic E-state index is 2.55. The summed E-state index contributed by atoms with van der Waals surface area (Å²) < 4.78 is 0. The van der Waals surface area contributed by atoms with Crippen LogP contribution in [0.15, 0.2) is 237 Å². The quantitative estimate of drug-likeness (QED) is 0.154. The van der Waals surface area contributed by atoms with E-state index in [1.165, 1.54) is 100 Å². The summed E-state index contributed by atoms with van der Waals surface area (Å²) in [4.78, 5) is 2.55. The van der Waals surface area contributed by atoms with E-state index in [0.29, 0.717) is 0 Å². The molecule has 10 aromatic rings. The Hall–Kier alpha value is -8.00. The van der Waals surface area contributed by atoms with Crippen molar-refractivity contribution in [1.29, 1.82) is 0 Å². The number of nitrogens with zero attached hydrogens (tertiary/aromatic N) is 1. The van der Waals surface area contributed by atoms with Crippen LogP contribution in [-0.4, -0.2) is 0 Å². The molecule has 3 aliphatic rings. The highest BCUT2D eigenvalue weighted by atomic mass is 15.1. The Labute approximate surface area is 400 Å². The van der Waals surface area contributed by atoms with Crippen molar-refractivity contribution in [3.05, 3.63) is 281 Å². The topological polar surface area (TPSA) is 3.24 Å². The van der Waals surface area contributed by atoms with Gasteiger partial charge in [-0.2, -0.15) is 0 Å². The van der Waals surface area contributed by atoms with Crippen molar-refractivity contribution in [2.24, 2.45) is 0 Å². The summed E-state index contributed by atoms with van der Waals surface area (Å²) in [6.07, 6.45) is 0. The summed E-state index contributed by atoms with van der Waals surface area (Å²) >= 11 is 0. The molecular formula is C67H51N. The first-order valence-corrected chi connectivity index (χ1v) is 24.1. The fourth-order valence-corrected chi connectivity index (χ4v) is 12.7. The Bertz CT molecular complexity index is 3590. The van der Waals surface area contributed by atoms with E-state index in [2.05, 4.69) is 269 Å². The number of hydrogen-bond donors (Lipinski definition) is 0. The third-order valence-corrected chi connectivity index (χ3v) is 15.8. The van der Waals surface area contributed by atoms with E-state index in [-0.39, 0.29) is 10.8 Å². The van der Waals surface area contributed by atoms with Gasteiger partial charge in [-0.05, 0) is 119 Å². The second kappa shape index (κ2) is 15.0. The molecule has 0 unspecified atom stereocenters. The summed E-state index contributed by atoms with van der Waals surface area (Å²) in [5.41, 5.74) is 25.9. The van der Waals surface area contributed by atoms with E-state index in [1.54, 1.807) is 0 Å². The third kappa shape index (κ3) is 5.63. The fraction of sp³-hybridized carbons (Fsp3) is 0.104. The average molecular weight is 870 g/mol. The van der Waals surface area contributed by atoms with Crippen LogP contribution >= 0.6 is 0 Å². The van der Waals surface area contributed by atoms with Gasteiger partial charge in [-0.3, -0.25) is 0 Å².